The van der Waals surface area contributed by atoms with Crippen LogP contribution in [-0.2, 0) is 0 Å². The van der Waals surface area contributed by atoms with Gasteiger partial charge in [0.1, 0.15) is 0 Å². The van der Waals surface area contributed by atoms with E-state index in [2.05, 4.69) is 4.98 Å². The maximum absolute atomic E-state index is 5.46. The molecule has 0 unspecified atom stereocenters. The van der Waals surface area contributed by atoms with Gasteiger partial charge in [0.2, 0.25) is 5.88 Å². The number of pyridine rings is 1. The number of nitrogens with zero attached hydrogens (tertiary/aromatic N) is 1. The van der Waals surface area contributed by atoms with Crippen molar-refractivity contribution in [3.8, 4) is 5.88 Å². The number of methoxy groups -OCH3 is 1. The van der Waals surface area contributed by atoms with Crippen LogP contribution in [0.15, 0.2) is 23.2 Å². The van der Waals surface area contributed by atoms with Crippen molar-refractivity contribution in [2.24, 2.45) is 0 Å². The van der Waals surface area contributed by atoms with Gasteiger partial charge in [-0.3, -0.25) is 0 Å². The summed E-state index contributed by atoms with van der Waals surface area (Å²) < 4.78 is 4.85. The third kappa shape index (κ3) is 1.78. The lowest BCUT2D eigenvalue weighted by Gasteiger charge is -1.96. The highest BCUT2D eigenvalue weighted by Gasteiger charge is 1.92. The fourth-order valence-electron chi connectivity index (χ4n) is 0.533. The Morgan fingerprint density at radius 3 is 2.80 bits per heavy atom. The van der Waals surface area contributed by atoms with Crippen molar-refractivity contribution in [3.63, 3.8) is 0 Å². The summed E-state index contributed by atoms with van der Waals surface area (Å²) in [5.41, 5.74) is 0. The van der Waals surface area contributed by atoms with Crippen molar-refractivity contribution in [2.75, 3.05) is 7.11 Å². The summed E-state index contributed by atoms with van der Waals surface area (Å²) in [6.45, 7) is 0. The molecule has 1 aromatic rings. The molecule has 4 heteroatoms. The number of hydrogen-bond acceptors (Lipinski definition) is 3. The molecule has 54 valence electrons. The zero-order valence-electron chi connectivity index (χ0n) is 5.37. The second-order valence-corrected chi connectivity index (χ2v) is 2.70. The lowest BCUT2D eigenvalue weighted by Crippen LogP contribution is -1.85. The molecule has 0 aliphatic heterocycles. The number of aromatic nitrogens is 1. The smallest absolute Gasteiger partial charge is 0.212 e. The Labute approximate surface area is 68.1 Å². The Hall–Kier alpha value is -0.410. The number of ether oxygens (including phenoxy) is 1. The summed E-state index contributed by atoms with van der Waals surface area (Å²) in [5.74, 6) is 0.606. The summed E-state index contributed by atoms with van der Waals surface area (Å²) in [5, 5.41) is 0. The molecule has 1 heterocycles. The van der Waals surface area contributed by atoms with E-state index in [-0.39, 0.29) is 0 Å². The molecule has 0 aliphatic carbocycles. The first-order chi connectivity index (χ1) is 4.86. The van der Waals surface area contributed by atoms with Gasteiger partial charge in [-0.05, 0) is 27.7 Å². The van der Waals surface area contributed by atoms with E-state index >= 15 is 0 Å². The van der Waals surface area contributed by atoms with Gasteiger partial charge in [0.25, 0.3) is 0 Å². The van der Waals surface area contributed by atoms with Gasteiger partial charge in [-0.2, -0.15) is 0 Å². The first-order valence-corrected chi connectivity index (χ1v) is 4.29. The molecular weight excluding hydrogens is 170 g/mol. The standard InChI is InChI=1S/C6H6ClNOS/c1-9-6-3-2-5(10-7)4-8-6/h2-4H,1H3. The van der Waals surface area contributed by atoms with E-state index < -0.39 is 0 Å². The molecule has 1 rings (SSSR count). The lowest BCUT2D eigenvalue weighted by atomic mass is 10.5. The minimum atomic E-state index is 0.606. The molecule has 2 nitrogen and oxygen atoms in total. The van der Waals surface area contributed by atoms with Crippen molar-refractivity contribution < 1.29 is 4.74 Å². The van der Waals surface area contributed by atoms with Gasteiger partial charge >= 0.3 is 0 Å². The molecule has 0 saturated carbocycles. The van der Waals surface area contributed by atoms with Crippen LogP contribution in [0.1, 0.15) is 0 Å². The maximum atomic E-state index is 5.46. The second-order valence-electron chi connectivity index (χ2n) is 1.61. The van der Waals surface area contributed by atoms with Crippen molar-refractivity contribution in [3.05, 3.63) is 18.3 Å². The van der Waals surface area contributed by atoms with Crippen LogP contribution < -0.4 is 4.74 Å². The van der Waals surface area contributed by atoms with E-state index in [0.29, 0.717) is 5.88 Å². The van der Waals surface area contributed by atoms with E-state index in [9.17, 15) is 0 Å². The third-order valence-corrected chi connectivity index (χ3v) is 1.96. The van der Waals surface area contributed by atoms with E-state index in [0.717, 1.165) is 15.9 Å². The summed E-state index contributed by atoms with van der Waals surface area (Å²) in [6.07, 6.45) is 1.66. The van der Waals surface area contributed by atoms with Crippen LogP contribution in [0.5, 0.6) is 5.88 Å². The number of rotatable bonds is 2. The largest absolute Gasteiger partial charge is 0.481 e. The van der Waals surface area contributed by atoms with Crippen LogP contribution in [0, 0.1) is 0 Å². The summed E-state index contributed by atoms with van der Waals surface area (Å²) in [7, 11) is 8.18. The van der Waals surface area contributed by atoms with E-state index in [1.54, 1.807) is 19.4 Å². The first kappa shape index (κ1) is 7.69. The van der Waals surface area contributed by atoms with Gasteiger partial charge in [-0.15, -0.1) is 0 Å². The van der Waals surface area contributed by atoms with Gasteiger partial charge in [0, 0.05) is 17.2 Å². The predicted molar refractivity (Wildman–Crippen MR) is 42.5 cm³/mol. The molecular formula is C6H6ClNOS. The van der Waals surface area contributed by atoms with E-state index in [1.165, 1.54) is 0 Å². The summed E-state index contributed by atoms with van der Waals surface area (Å²) in [6, 6.07) is 3.62. The Balaban J connectivity index is 2.80. The Morgan fingerprint density at radius 2 is 2.40 bits per heavy atom. The Morgan fingerprint density at radius 1 is 1.60 bits per heavy atom. The second kappa shape index (κ2) is 3.68. The van der Waals surface area contributed by atoms with Crippen LogP contribution in [-0.4, -0.2) is 12.1 Å². The average molecular weight is 176 g/mol. The monoisotopic (exact) mass is 175 g/mol. The van der Waals surface area contributed by atoms with Gasteiger partial charge < -0.3 is 4.74 Å². The highest BCUT2D eigenvalue weighted by Crippen LogP contribution is 2.21. The fourth-order valence-corrected chi connectivity index (χ4v) is 1.02. The summed E-state index contributed by atoms with van der Waals surface area (Å²) in [4.78, 5) is 4.86. The van der Waals surface area contributed by atoms with Crippen LogP contribution >= 0.6 is 21.7 Å². The van der Waals surface area contributed by atoms with Crippen molar-refractivity contribution in [1.29, 1.82) is 0 Å². The van der Waals surface area contributed by atoms with Gasteiger partial charge in [0.05, 0.1) is 7.11 Å². The highest BCUT2D eigenvalue weighted by atomic mass is 35.7. The van der Waals surface area contributed by atoms with Crippen molar-refractivity contribution in [1.82, 2.24) is 4.98 Å². The normalized spacial score (nSPS) is 9.40. The molecule has 0 radical (unpaired) electrons. The van der Waals surface area contributed by atoms with Crippen molar-refractivity contribution >= 4 is 21.7 Å². The molecule has 0 fully saturated rings. The molecule has 0 bridgehead atoms. The third-order valence-electron chi connectivity index (χ3n) is 1.01. The average Bonchev–Trinajstić information content (AvgIpc) is 2.05. The quantitative estimate of drug-likeness (QED) is 0.689. The number of hydrogen-bond donors (Lipinski definition) is 0. The molecule has 0 N–H and O–H groups in total. The topological polar surface area (TPSA) is 22.1 Å². The van der Waals surface area contributed by atoms with Crippen LogP contribution in [0.2, 0.25) is 0 Å². The van der Waals surface area contributed by atoms with Gasteiger partial charge in [-0.1, -0.05) is 0 Å². The van der Waals surface area contributed by atoms with Gasteiger partial charge in [0.15, 0.2) is 0 Å². The Kier molecular flexibility index (Phi) is 2.83. The first-order valence-electron chi connectivity index (χ1n) is 2.65. The SMILES string of the molecule is COc1ccc(SCl)cn1. The van der Waals surface area contributed by atoms with Crippen LogP contribution in [0.4, 0.5) is 0 Å². The summed E-state index contributed by atoms with van der Waals surface area (Å²) >= 11 is 0. The predicted octanol–water partition coefficient (Wildman–Crippen LogP) is 2.34. The van der Waals surface area contributed by atoms with E-state index in [4.69, 9.17) is 15.4 Å². The van der Waals surface area contributed by atoms with Crippen LogP contribution in [0.3, 0.4) is 0 Å². The highest BCUT2D eigenvalue weighted by molar-refractivity contribution is 8.21. The minimum Gasteiger partial charge on any atom is -0.481 e. The number of halogens is 1. The molecule has 0 amide bonds. The molecule has 0 saturated heterocycles. The zero-order chi connectivity index (χ0) is 7.40. The van der Waals surface area contributed by atoms with E-state index in [1.807, 2.05) is 6.07 Å². The van der Waals surface area contributed by atoms with Gasteiger partial charge in [-0.25, -0.2) is 4.98 Å². The van der Waals surface area contributed by atoms with Crippen LogP contribution in [0.25, 0.3) is 0 Å². The zero-order valence-corrected chi connectivity index (χ0v) is 6.95. The van der Waals surface area contributed by atoms with Crippen molar-refractivity contribution in [2.45, 2.75) is 4.90 Å². The lowest BCUT2D eigenvalue weighted by molar-refractivity contribution is 0.397. The molecule has 0 atom stereocenters. The molecule has 0 aromatic carbocycles. The molecule has 0 spiro atoms. The molecule has 1 aromatic heterocycles. The Bertz CT molecular complexity index is 178. The molecule has 10 heavy (non-hydrogen) atoms. The minimum absolute atomic E-state index is 0.606. The maximum Gasteiger partial charge on any atom is 0.212 e. The fraction of sp³-hybridized carbons (Fsp3) is 0.167. The molecule has 0 aliphatic rings.